The van der Waals surface area contributed by atoms with Crippen molar-refractivity contribution in [3.63, 3.8) is 0 Å². The van der Waals surface area contributed by atoms with Crippen molar-refractivity contribution in [1.29, 1.82) is 0 Å². The molecule has 5 heteroatoms. The SMILES string of the molecule is CCN(Cc1ccccc1)C(=O)CN1CCCC1c1ccc(OC)c(OC)c1. The van der Waals surface area contributed by atoms with Crippen LogP contribution in [0.2, 0.25) is 0 Å². The lowest BCUT2D eigenvalue weighted by Gasteiger charge is -2.28. The Kier molecular flexibility index (Phi) is 6.93. The van der Waals surface area contributed by atoms with Crippen LogP contribution in [0.3, 0.4) is 0 Å². The van der Waals surface area contributed by atoms with Crippen molar-refractivity contribution in [2.24, 2.45) is 0 Å². The smallest absolute Gasteiger partial charge is 0.237 e. The summed E-state index contributed by atoms with van der Waals surface area (Å²) in [6.45, 7) is 4.79. The van der Waals surface area contributed by atoms with Crippen LogP contribution in [0.5, 0.6) is 11.5 Å². The average molecular weight is 383 g/mol. The Bertz CT molecular complexity index is 779. The van der Waals surface area contributed by atoms with Crippen LogP contribution in [0.15, 0.2) is 48.5 Å². The summed E-state index contributed by atoms with van der Waals surface area (Å²) in [7, 11) is 3.30. The van der Waals surface area contributed by atoms with Crippen molar-refractivity contribution in [3.05, 3.63) is 59.7 Å². The first-order chi connectivity index (χ1) is 13.7. The van der Waals surface area contributed by atoms with Gasteiger partial charge in [-0.25, -0.2) is 0 Å². The van der Waals surface area contributed by atoms with E-state index in [2.05, 4.69) is 23.1 Å². The van der Waals surface area contributed by atoms with Gasteiger partial charge >= 0.3 is 0 Å². The molecule has 28 heavy (non-hydrogen) atoms. The first-order valence-corrected chi connectivity index (χ1v) is 9.94. The average Bonchev–Trinajstić information content (AvgIpc) is 3.20. The first-order valence-electron chi connectivity index (χ1n) is 9.94. The molecule has 150 valence electrons. The Morgan fingerprint density at radius 3 is 2.54 bits per heavy atom. The molecule has 2 aromatic carbocycles. The highest BCUT2D eigenvalue weighted by Gasteiger charge is 2.29. The van der Waals surface area contributed by atoms with Crippen LogP contribution < -0.4 is 9.47 Å². The van der Waals surface area contributed by atoms with E-state index in [0.717, 1.165) is 36.4 Å². The standard InChI is InChI=1S/C23H30N2O3/c1-4-24(16-18-9-6-5-7-10-18)23(26)17-25-14-8-11-20(25)19-12-13-21(27-2)22(15-19)28-3/h5-7,9-10,12-13,15,20H,4,8,11,14,16-17H2,1-3H3. The predicted octanol–water partition coefficient (Wildman–Crippen LogP) is 3.89. The number of rotatable bonds is 8. The van der Waals surface area contributed by atoms with E-state index in [1.165, 1.54) is 5.56 Å². The number of hydrogen-bond acceptors (Lipinski definition) is 4. The van der Waals surface area contributed by atoms with Gasteiger partial charge in [-0.2, -0.15) is 0 Å². The van der Waals surface area contributed by atoms with Crippen LogP contribution in [0, 0.1) is 0 Å². The Balaban J connectivity index is 1.69. The molecule has 2 aromatic rings. The Morgan fingerprint density at radius 2 is 1.86 bits per heavy atom. The molecule has 5 nitrogen and oxygen atoms in total. The summed E-state index contributed by atoms with van der Waals surface area (Å²) in [4.78, 5) is 17.2. The molecule has 1 fully saturated rings. The van der Waals surface area contributed by atoms with Crippen molar-refractivity contribution in [2.45, 2.75) is 32.4 Å². The predicted molar refractivity (Wildman–Crippen MR) is 111 cm³/mol. The minimum atomic E-state index is 0.179. The minimum Gasteiger partial charge on any atom is -0.493 e. The van der Waals surface area contributed by atoms with Gasteiger partial charge in [0.2, 0.25) is 5.91 Å². The molecule has 0 aliphatic carbocycles. The topological polar surface area (TPSA) is 42.0 Å². The van der Waals surface area contributed by atoms with Gasteiger partial charge in [0.15, 0.2) is 11.5 Å². The third kappa shape index (κ3) is 4.65. The number of nitrogens with zero attached hydrogens (tertiary/aromatic N) is 2. The molecule has 0 aromatic heterocycles. The zero-order valence-corrected chi connectivity index (χ0v) is 17.1. The van der Waals surface area contributed by atoms with Gasteiger partial charge in [0, 0.05) is 19.1 Å². The lowest BCUT2D eigenvalue weighted by Crippen LogP contribution is -2.39. The summed E-state index contributed by atoms with van der Waals surface area (Å²) < 4.78 is 10.8. The summed E-state index contributed by atoms with van der Waals surface area (Å²) in [6, 6.07) is 16.5. The molecule has 0 N–H and O–H groups in total. The third-order valence-electron chi connectivity index (χ3n) is 5.45. The van der Waals surface area contributed by atoms with E-state index >= 15 is 0 Å². The fourth-order valence-corrected chi connectivity index (χ4v) is 3.91. The van der Waals surface area contributed by atoms with E-state index < -0.39 is 0 Å². The van der Waals surface area contributed by atoms with Gasteiger partial charge in [-0.05, 0) is 49.6 Å². The fourth-order valence-electron chi connectivity index (χ4n) is 3.91. The molecule has 0 bridgehead atoms. The molecule has 1 atom stereocenters. The molecule has 1 aliphatic rings. The van der Waals surface area contributed by atoms with E-state index in [0.29, 0.717) is 19.6 Å². The monoisotopic (exact) mass is 382 g/mol. The Hall–Kier alpha value is -2.53. The molecule has 0 spiro atoms. The van der Waals surface area contributed by atoms with E-state index in [1.54, 1.807) is 14.2 Å². The molecule has 1 aliphatic heterocycles. The van der Waals surface area contributed by atoms with Crippen LogP contribution in [0.4, 0.5) is 0 Å². The number of carbonyl (C=O) groups is 1. The van der Waals surface area contributed by atoms with Gasteiger partial charge in [0.05, 0.1) is 20.8 Å². The van der Waals surface area contributed by atoms with Crippen molar-refractivity contribution < 1.29 is 14.3 Å². The second-order valence-corrected chi connectivity index (χ2v) is 7.14. The molecule has 1 heterocycles. The maximum Gasteiger partial charge on any atom is 0.237 e. The molecule has 3 rings (SSSR count). The van der Waals surface area contributed by atoms with E-state index in [4.69, 9.17) is 9.47 Å². The highest BCUT2D eigenvalue weighted by atomic mass is 16.5. The van der Waals surface area contributed by atoms with Crippen LogP contribution in [-0.4, -0.2) is 49.6 Å². The quantitative estimate of drug-likeness (QED) is 0.695. The molecule has 0 saturated carbocycles. The molecule has 1 amide bonds. The van der Waals surface area contributed by atoms with Crippen LogP contribution >= 0.6 is 0 Å². The van der Waals surface area contributed by atoms with E-state index in [-0.39, 0.29) is 11.9 Å². The molecule has 0 radical (unpaired) electrons. The van der Waals surface area contributed by atoms with Crippen molar-refractivity contribution in [3.8, 4) is 11.5 Å². The van der Waals surface area contributed by atoms with Gasteiger partial charge < -0.3 is 14.4 Å². The van der Waals surface area contributed by atoms with Crippen LogP contribution in [-0.2, 0) is 11.3 Å². The summed E-state index contributed by atoms with van der Waals surface area (Å²) in [5, 5.41) is 0. The van der Waals surface area contributed by atoms with Crippen molar-refractivity contribution >= 4 is 5.91 Å². The third-order valence-corrected chi connectivity index (χ3v) is 5.45. The van der Waals surface area contributed by atoms with E-state index in [1.807, 2.05) is 42.2 Å². The van der Waals surface area contributed by atoms with Gasteiger partial charge in [-0.3, -0.25) is 9.69 Å². The number of methoxy groups -OCH3 is 2. The zero-order chi connectivity index (χ0) is 19.9. The van der Waals surface area contributed by atoms with Gasteiger partial charge in [-0.1, -0.05) is 36.4 Å². The number of likely N-dealkylation sites (N-methyl/N-ethyl adjacent to an activating group) is 1. The second kappa shape index (κ2) is 9.60. The number of carbonyl (C=O) groups excluding carboxylic acids is 1. The minimum absolute atomic E-state index is 0.179. The van der Waals surface area contributed by atoms with Crippen LogP contribution in [0.1, 0.15) is 36.9 Å². The molecular weight excluding hydrogens is 352 g/mol. The first kappa shape index (κ1) is 20.2. The normalized spacial score (nSPS) is 16.8. The zero-order valence-electron chi connectivity index (χ0n) is 17.1. The largest absolute Gasteiger partial charge is 0.493 e. The van der Waals surface area contributed by atoms with Gasteiger partial charge in [-0.15, -0.1) is 0 Å². The highest BCUT2D eigenvalue weighted by molar-refractivity contribution is 5.78. The number of likely N-dealkylation sites (tertiary alicyclic amines) is 1. The summed E-state index contributed by atoms with van der Waals surface area (Å²) in [5.74, 6) is 1.64. The Labute approximate surface area is 167 Å². The summed E-state index contributed by atoms with van der Waals surface area (Å²) in [5.41, 5.74) is 2.34. The lowest BCUT2D eigenvalue weighted by molar-refractivity contribution is -0.133. The summed E-state index contributed by atoms with van der Waals surface area (Å²) >= 11 is 0. The van der Waals surface area contributed by atoms with E-state index in [9.17, 15) is 4.79 Å². The van der Waals surface area contributed by atoms with Gasteiger partial charge in [0.25, 0.3) is 0 Å². The maximum atomic E-state index is 13.0. The van der Waals surface area contributed by atoms with Crippen molar-refractivity contribution in [1.82, 2.24) is 9.80 Å². The number of hydrogen-bond donors (Lipinski definition) is 0. The number of ether oxygens (including phenoxy) is 2. The number of amides is 1. The summed E-state index contributed by atoms with van der Waals surface area (Å²) in [6.07, 6.45) is 2.14. The maximum absolute atomic E-state index is 13.0. The Morgan fingerprint density at radius 1 is 1.11 bits per heavy atom. The number of benzene rings is 2. The molecular formula is C23H30N2O3. The van der Waals surface area contributed by atoms with Crippen molar-refractivity contribution in [2.75, 3.05) is 33.9 Å². The second-order valence-electron chi connectivity index (χ2n) is 7.14. The highest BCUT2D eigenvalue weighted by Crippen LogP contribution is 2.36. The molecule has 1 unspecified atom stereocenters. The van der Waals surface area contributed by atoms with Crippen LogP contribution in [0.25, 0.3) is 0 Å². The fraction of sp³-hybridized carbons (Fsp3) is 0.435. The lowest BCUT2D eigenvalue weighted by atomic mass is 10.0. The molecule has 1 saturated heterocycles. The van der Waals surface area contributed by atoms with Gasteiger partial charge in [0.1, 0.15) is 0 Å².